The lowest BCUT2D eigenvalue weighted by molar-refractivity contribution is -0.139. The van der Waals surface area contributed by atoms with Crippen molar-refractivity contribution in [2.75, 3.05) is 7.11 Å². The molecule has 74 valence electrons. The predicted octanol–water partition coefficient (Wildman–Crippen LogP) is 0.643. The Kier molecular flexibility index (Phi) is 3.29. The lowest BCUT2D eigenvalue weighted by Crippen LogP contribution is -1.97. The first kappa shape index (κ1) is 10.3. The van der Waals surface area contributed by atoms with Gasteiger partial charge in [0.25, 0.3) is 0 Å². The van der Waals surface area contributed by atoms with Crippen LogP contribution < -0.4 is 0 Å². The monoisotopic (exact) mass is 192 g/mol. The van der Waals surface area contributed by atoms with Gasteiger partial charge in [-0.15, -0.1) is 0 Å². The van der Waals surface area contributed by atoms with Gasteiger partial charge in [-0.2, -0.15) is 5.10 Å². The summed E-state index contributed by atoms with van der Waals surface area (Å²) in [5.74, 6) is 5.27. The van der Waals surface area contributed by atoms with E-state index in [0.29, 0.717) is 0 Å². The number of carbonyl (C=O) groups excluding carboxylic acids is 1. The number of hydrogen-bond acceptors (Lipinski definition) is 3. The second kappa shape index (κ2) is 4.47. The summed E-state index contributed by atoms with van der Waals surface area (Å²) >= 11 is 0. The fourth-order valence-corrected chi connectivity index (χ4v) is 1.01. The van der Waals surface area contributed by atoms with Crippen LogP contribution in [0.3, 0.4) is 0 Å². The molecule has 1 aromatic rings. The molecule has 0 aliphatic rings. The first-order chi connectivity index (χ1) is 6.63. The number of ether oxygens (including phenoxy) is 1. The van der Waals surface area contributed by atoms with Gasteiger partial charge in [0.15, 0.2) is 0 Å². The number of methoxy groups -OCH3 is 1. The van der Waals surface area contributed by atoms with Gasteiger partial charge < -0.3 is 4.74 Å². The molecule has 0 fully saturated rings. The van der Waals surface area contributed by atoms with E-state index < -0.39 is 0 Å². The number of rotatable bonds is 1. The van der Waals surface area contributed by atoms with Crippen molar-refractivity contribution in [2.24, 2.45) is 7.05 Å². The molecule has 0 radical (unpaired) electrons. The van der Waals surface area contributed by atoms with Crippen LogP contribution in [0.25, 0.3) is 0 Å². The van der Waals surface area contributed by atoms with Gasteiger partial charge in [-0.1, -0.05) is 11.8 Å². The molecule has 0 amide bonds. The lowest BCUT2D eigenvalue weighted by Gasteiger charge is -1.88. The maximum Gasteiger partial charge on any atom is 0.317 e. The second-order valence-corrected chi connectivity index (χ2v) is 2.86. The minimum absolute atomic E-state index is 0.116. The molecule has 4 heteroatoms. The molecular formula is C10H12N2O2. The highest BCUT2D eigenvalue weighted by Crippen LogP contribution is 2.01. The Hall–Kier alpha value is -1.76. The molecule has 1 heterocycles. The summed E-state index contributed by atoms with van der Waals surface area (Å²) in [5.41, 5.74) is 1.71. The molecule has 14 heavy (non-hydrogen) atoms. The van der Waals surface area contributed by atoms with Crippen molar-refractivity contribution in [1.82, 2.24) is 9.78 Å². The Morgan fingerprint density at radius 2 is 2.43 bits per heavy atom. The molecule has 1 aromatic heterocycles. The van der Waals surface area contributed by atoms with E-state index in [9.17, 15) is 4.79 Å². The van der Waals surface area contributed by atoms with E-state index >= 15 is 0 Å². The third kappa shape index (κ3) is 2.63. The van der Waals surface area contributed by atoms with Gasteiger partial charge in [0.2, 0.25) is 0 Å². The van der Waals surface area contributed by atoms with Gasteiger partial charge in [0.1, 0.15) is 6.42 Å². The first-order valence-corrected chi connectivity index (χ1v) is 4.19. The number of carbonyl (C=O) groups is 1. The Morgan fingerprint density at radius 1 is 1.71 bits per heavy atom. The number of esters is 1. The molecule has 0 N–H and O–H groups in total. The molecule has 0 aliphatic carbocycles. The summed E-state index contributed by atoms with van der Waals surface area (Å²) in [6.07, 6.45) is 1.93. The lowest BCUT2D eigenvalue weighted by atomic mass is 10.2. The van der Waals surface area contributed by atoms with Gasteiger partial charge in [-0.25, -0.2) is 0 Å². The highest BCUT2D eigenvalue weighted by atomic mass is 16.5. The molecule has 0 saturated carbocycles. The summed E-state index contributed by atoms with van der Waals surface area (Å²) in [4.78, 5) is 10.7. The average Bonchev–Trinajstić information content (AvgIpc) is 2.45. The van der Waals surface area contributed by atoms with E-state index in [0.717, 1.165) is 11.3 Å². The number of aryl methyl sites for hydroxylation is 2. The Labute approximate surface area is 82.9 Å². The van der Waals surface area contributed by atoms with Crippen LogP contribution in [0.2, 0.25) is 0 Å². The van der Waals surface area contributed by atoms with Gasteiger partial charge >= 0.3 is 5.97 Å². The molecule has 0 atom stereocenters. The van der Waals surface area contributed by atoms with Crippen LogP contribution in [0.5, 0.6) is 0 Å². The van der Waals surface area contributed by atoms with Gasteiger partial charge in [0.05, 0.1) is 18.4 Å². The van der Waals surface area contributed by atoms with Crippen molar-refractivity contribution in [2.45, 2.75) is 13.3 Å². The molecule has 0 aromatic carbocycles. The number of nitrogens with zero attached hydrogens (tertiary/aromatic N) is 2. The molecule has 1 rings (SSSR count). The maximum atomic E-state index is 10.7. The Balaban J connectivity index is 2.68. The van der Waals surface area contributed by atoms with Crippen molar-refractivity contribution in [3.63, 3.8) is 0 Å². The van der Waals surface area contributed by atoms with Crippen LogP contribution >= 0.6 is 0 Å². The average molecular weight is 192 g/mol. The zero-order chi connectivity index (χ0) is 10.6. The van der Waals surface area contributed by atoms with Crippen molar-refractivity contribution in [3.05, 3.63) is 17.5 Å². The third-order valence-corrected chi connectivity index (χ3v) is 1.70. The van der Waals surface area contributed by atoms with Crippen LogP contribution in [0.4, 0.5) is 0 Å². The van der Waals surface area contributed by atoms with E-state index in [-0.39, 0.29) is 12.4 Å². The van der Waals surface area contributed by atoms with E-state index in [2.05, 4.69) is 21.7 Å². The van der Waals surface area contributed by atoms with Crippen LogP contribution in [-0.2, 0) is 16.6 Å². The molecule has 0 saturated heterocycles. The quantitative estimate of drug-likeness (QED) is 0.484. The van der Waals surface area contributed by atoms with E-state index in [4.69, 9.17) is 0 Å². The van der Waals surface area contributed by atoms with Crippen molar-refractivity contribution in [1.29, 1.82) is 0 Å². The Morgan fingerprint density at radius 3 is 2.93 bits per heavy atom. The van der Waals surface area contributed by atoms with Crippen LogP contribution in [0.15, 0.2) is 6.20 Å². The van der Waals surface area contributed by atoms with E-state index in [1.807, 2.05) is 20.2 Å². The zero-order valence-corrected chi connectivity index (χ0v) is 8.50. The third-order valence-electron chi connectivity index (χ3n) is 1.70. The van der Waals surface area contributed by atoms with Crippen LogP contribution in [0, 0.1) is 18.8 Å². The topological polar surface area (TPSA) is 44.1 Å². The summed E-state index contributed by atoms with van der Waals surface area (Å²) in [5, 5.41) is 4.13. The summed E-state index contributed by atoms with van der Waals surface area (Å²) in [7, 11) is 3.18. The molecule has 0 aliphatic heterocycles. The number of aromatic nitrogens is 2. The van der Waals surface area contributed by atoms with Crippen LogP contribution in [-0.4, -0.2) is 22.9 Å². The minimum atomic E-state index is -0.320. The predicted molar refractivity (Wildman–Crippen MR) is 51.5 cm³/mol. The molecule has 4 nitrogen and oxygen atoms in total. The fraction of sp³-hybridized carbons (Fsp3) is 0.400. The normalized spacial score (nSPS) is 9.07. The smallest absolute Gasteiger partial charge is 0.317 e. The fourth-order valence-electron chi connectivity index (χ4n) is 1.01. The van der Waals surface area contributed by atoms with Gasteiger partial charge in [0, 0.05) is 13.2 Å². The van der Waals surface area contributed by atoms with Crippen LogP contribution in [0.1, 0.15) is 17.7 Å². The number of hydrogen-bond donors (Lipinski definition) is 0. The van der Waals surface area contributed by atoms with Gasteiger partial charge in [-0.3, -0.25) is 9.48 Å². The van der Waals surface area contributed by atoms with Crippen molar-refractivity contribution < 1.29 is 9.53 Å². The van der Waals surface area contributed by atoms with Crippen molar-refractivity contribution in [3.8, 4) is 11.8 Å². The maximum absolute atomic E-state index is 10.7. The van der Waals surface area contributed by atoms with E-state index in [1.165, 1.54) is 7.11 Å². The van der Waals surface area contributed by atoms with E-state index in [1.54, 1.807) is 4.68 Å². The zero-order valence-electron chi connectivity index (χ0n) is 8.50. The second-order valence-electron chi connectivity index (χ2n) is 2.86. The highest BCUT2D eigenvalue weighted by Gasteiger charge is 1.99. The molecule has 0 spiro atoms. The minimum Gasteiger partial charge on any atom is -0.468 e. The summed E-state index contributed by atoms with van der Waals surface area (Å²) in [6, 6.07) is 0. The van der Waals surface area contributed by atoms with Crippen molar-refractivity contribution >= 4 is 5.97 Å². The van der Waals surface area contributed by atoms with Gasteiger partial charge in [-0.05, 0) is 6.92 Å². The molecule has 0 bridgehead atoms. The SMILES string of the molecule is COC(=O)CC#Cc1cn(C)nc1C. The summed E-state index contributed by atoms with van der Waals surface area (Å²) < 4.78 is 6.15. The Bertz CT molecular complexity index is 396. The molecular weight excluding hydrogens is 180 g/mol. The highest BCUT2D eigenvalue weighted by molar-refractivity contribution is 5.72. The summed E-state index contributed by atoms with van der Waals surface area (Å²) in [6.45, 7) is 1.88. The molecule has 0 unspecified atom stereocenters. The largest absolute Gasteiger partial charge is 0.468 e. The standard InChI is InChI=1S/C10H12N2O2/c1-8-9(7-12(2)11-8)5-4-6-10(13)14-3/h7H,6H2,1-3H3. The first-order valence-electron chi connectivity index (χ1n) is 4.19.